The maximum absolute atomic E-state index is 13.1. The van der Waals surface area contributed by atoms with E-state index in [1.807, 2.05) is 0 Å². The first-order valence-electron chi connectivity index (χ1n) is 5.19. The average Bonchev–Trinajstić information content (AvgIpc) is 2.34. The SMILES string of the molecule is CC(=O)SCC(O)C(O)c1cc(F)cc(C=O)c1. The summed E-state index contributed by atoms with van der Waals surface area (Å²) in [6.45, 7) is 1.34. The van der Waals surface area contributed by atoms with Crippen LogP contribution in [0.2, 0.25) is 0 Å². The Hall–Kier alpha value is -1.24. The van der Waals surface area contributed by atoms with Gasteiger partial charge >= 0.3 is 0 Å². The predicted octanol–water partition coefficient (Wildman–Crippen LogP) is 1.31. The highest BCUT2D eigenvalue weighted by atomic mass is 32.2. The minimum Gasteiger partial charge on any atom is -0.389 e. The highest BCUT2D eigenvalue weighted by molar-refractivity contribution is 8.13. The largest absolute Gasteiger partial charge is 0.389 e. The third-order valence-electron chi connectivity index (χ3n) is 2.24. The zero-order valence-electron chi connectivity index (χ0n) is 9.67. The summed E-state index contributed by atoms with van der Waals surface area (Å²) in [7, 11) is 0. The molecule has 0 saturated heterocycles. The van der Waals surface area contributed by atoms with E-state index in [0.29, 0.717) is 6.29 Å². The molecule has 0 saturated carbocycles. The summed E-state index contributed by atoms with van der Waals surface area (Å²) >= 11 is 0.864. The molecule has 0 spiro atoms. The van der Waals surface area contributed by atoms with Gasteiger partial charge in [-0.25, -0.2) is 4.39 Å². The Bertz CT molecular complexity index is 450. The molecule has 0 radical (unpaired) electrons. The number of hydrogen-bond acceptors (Lipinski definition) is 5. The number of benzene rings is 1. The summed E-state index contributed by atoms with van der Waals surface area (Å²) in [6.07, 6.45) is -2.10. The summed E-state index contributed by atoms with van der Waals surface area (Å²) in [5, 5.41) is 19.2. The number of halogens is 1. The minimum atomic E-state index is -1.34. The molecular formula is C12H13FO4S. The van der Waals surface area contributed by atoms with Gasteiger partial charge < -0.3 is 10.2 Å². The number of carbonyl (C=O) groups excluding carboxylic acids is 2. The Morgan fingerprint density at radius 1 is 1.44 bits per heavy atom. The Balaban J connectivity index is 2.82. The van der Waals surface area contributed by atoms with Crippen molar-refractivity contribution in [2.24, 2.45) is 0 Å². The van der Waals surface area contributed by atoms with Gasteiger partial charge in [-0.15, -0.1) is 0 Å². The first-order valence-corrected chi connectivity index (χ1v) is 6.17. The molecule has 4 nitrogen and oxygen atoms in total. The number of hydrogen-bond donors (Lipinski definition) is 2. The first kappa shape index (κ1) is 14.8. The summed E-state index contributed by atoms with van der Waals surface area (Å²) in [5.74, 6) is -0.663. The summed E-state index contributed by atoms with van der Waals surface area (Å²) in [6, 6.07) is 3.36. The van der Waals surface area contributed by atoms with Gasteiger partial charge in [-0.1, -0.05) is 11.8 Å². The van der Waals surface area contributed by atoms with Gasteiger partial charge in [0.15, 0.2) is 5.12 Å². The van der Waals surface area contributed by atoms with Crippen LogP contribution in [-0.4, -0.2) is 33.5 Å². The van der Waals surface area contributed by atoms with Crippen LogP contribution in [0.3, 0.4) is 0 Å². The van der Waals surface area contributed by atoms with E-state index in [1.165, 1.54) is 13.0 Å². The van der Waals surface area contributed by atoms with E-state index in [1.54, 1.807) is 0 Å². The van der Waals surface area contributed by atoms with Gasteiger partial charge in [0.1, 0.15) is 18.2 Å². The Morgan fingerprint density at radius 2 is 2.11 bits per heavy atom. The molecule has 6 heteroatoms. The molecule has 18 heavy (non-hydrogen) atoms. The van der Waals surface area contributed by atoms with Crippen molar-refractivity contribution in [3.8, 4) is 0 Å². The molecule has 2 N–H and O–H groups in total. The summed E-state index contributed by atoms with van der Waals surface area (Å²) < 4.78 is 13.1. The second-order valence-corrected chi connectivity index (χ2v) is 4.95. The topological polar surface area (TPSA) is 74.6 Å². The lowest BCUT2D eigenvalue weighted by Crippen LogP contribution is -2.21. The van der Waals surface area contributed by atoms with Crippen molar-refractivity contribution >= 4 is 23.2 Å². The fourth-order valence-corrected chi connectivity index (χ4v) is 1.98. The number of carbonyl (C=O) groups is 2. The molecule has 0 fully saturated rings. The van der Waals surface area contributed by atoms with Crippen molar-refractivity contribution in [2.75, 3.05) is 5.75 Å². The normalized spacial score (nSPS) is 14.0. The molecule has 0 heterocycles. The summed E-state index contributed by atoms with van der Waals surface area (Å²) in [4.78, 5) is 21.3. The fourth-order valence-electron chi connectivity index (χ4n) is 1.39. The quantitative estimate of drug-likeness (QED) is 0.791. The van der Waals surface area contributed by atoms with Crippen molar-refractivity contribution in [2.45, 2.75) is 19.1 Å². The van der Waals surface area contributed by atoms with Gasteiger partial charge in [0, 0.05) is 18.2 Å². The lowest BCUT2D eigenvalue weighted by molar-refractivity contribution is -0.109. The van der Waals surface area contributed by atoms with Crippen LogP contribution in [0.25, 0.3) is 0 Å². The molecule has 2 atom stereocenters. The van der Waals surface area contributed by atoms with Crippen LogP contribution >= 0.6 is 11.8 Å². The predicted molar refractivity (Wildman–Crippen MR) is 65.9 cm³/mol. The van der Waals surface area contributed by atoms with E-state index in [9.17, 15) is 24.2 Å². The van der Waals surface area contributed by atoms with Gasteiger partial charge in [-0.2, -0.15) is 0 Å². The number of aliphatic hydroxyl groups excluding tert-OH is 2. The van der Waals surface area contributed by atoms with Crippen molar-refractivity contribution in [1.29, 1.82) is 0 Å². The standard InChI is InChI=1S/C12H13FO4S/c1-7(15)18-6-11(16)12(17)9-2-8(5-14)3-10(13)4-9/h2-5,11-12,16-17H,6H2,1H3. The maximum atomic E-state index is 13.1. The Morgan fingerprint density at radius 3 is 2.67 bits per heavy atom. The van der Waals surface area contributed by atoms with Crippen LogP contribution in [0.15, 0.2) is 18.2 Å². The van der Waals surface area contributed by atoms with Gasteiger partial charge in [0.25, 0.3) is 0 Å². The van der Waals surface area contributed by atoms with Gasteiger partial charge in [-0.3, -0.25) is 9.59 Å². The van der Waals surface area contributed by atoms with Crippen LogP contribution in [0.5, 0.6) is 0 Å². The molecule has 1 rings (SSSR count). The smallest absolute Gasteiger partial charge is 0.185 e. The molecule has 0 bridgehead atoms. The number of aldehydes is 1. The molecule has 0 aromatic heterocycles. The van der Waals surface area contributed by atoms with Crippen molar-refractivity contribution in [1.82, 2.24) is 0 Å². The lowest BCUT2D eigenvalue weighted by atomic mass is 10.0. The molecule has 0 amide bonds. The van der Waals surface area contributed by atoms with E-state index in [2.05, 4.69) is 0 Å². The molecule has 0 aliphatic carbocycles. The highest BCUT2D eigenvalue weighted by Crippen LogP contribution is 2.22. The third kappa shape index (κ3) is 4.21. The van der Waals surface area contributed by atoms with Gasteiger partial charge in [0.2, 0.25) is 0 Å². The van der Waals surface area contributed by atoms with Crippen LogP contribution in [-0.2, 0) is 4.79 Å². The molecule has 0 aliphatic rings. The molecule has 1 aromatic carbocycles. The van der Waals surface area contributed by atoms with Gasteiger partial charge in [0.05, 0.1) is 6.10 Å². The number of aliphatic hydroxyl groups is 2. The molecule has 0 aliphatic heterocycles. The van der Waals surface area contributed by atoms with Crippen LogP contribution in [0.4, 0.5) is 4.39 Å². The molecule has 98 valence electrons. The highest BCUT2D eigenvalue weighted by Gasteiger charge is 2.20. The summed E-state index contributed by atoms with van der Waals surface area (Å²) in [5.41, 5.74) is 0.184. The molecular weight excluding hydrogens is 259 g/mol. The monoisotopic (exact) mass is 272 g/mol. The second kappa shape index (κ2) is 6.63. The Kier molecular flexibility index (Phi) is 5.46. The maximum Gasteiger partial charge on any atom is 0.185 e. The van der Waals surface area contributed by atoms with Crippen LogP contribution in [0, 0.1) is 5.82 Å². The van der Waals surface area contributed by atoms with E-state index in [4.69, 9.17) is 0 Å². The zero-order valence-corrected chi connectivity index (χ0v) is 10.5. The van der Waals surface area contributed by atoms with Crippen molar-refractivity contribution < 1.29 is 24.2 Å². The van der Waals surface area contributed by atoms with Gasteiger partial charge in [-0.05, 0) is 23.8 Å². The first-order chi connectivity index (χ1) is 8.43. The Labute approximate surface area is 108 Å². The number of rotatable bonds is 5. The average molecular weight is 272 g/mol. The zero-order chi connectivity index (χ0) is 13.7. The third-order valence-corrected chi connectivity index (χ3v) is 3.16. The van der Waals surface area contributed by atoms with Crippen molar-refractivity contribution in [3.63, 3.8) is 0 Å². The van der Waals surface area contributed by atoms with Crippen molar-refractivity contribution in [3.05, 3.63) is 35.1 Å². The number of thioether (sulfide) groups is 1. The molecule has 1 aromatic rings. The van der Waals surface area contributed by atoms with Crippen LogP contribution in [0.1, 0.15) is 28.9 Å². The van der Waals surface area contributed by atoms with E-state index in [0.717, 1.165) is 23.9 Å². The van der Waals surface area contributed by atoms with E-state index >= 15 is 0 Å². The minimum absolute atomic E-state index is 0.00341. The van der Waals surface area contributed by atoms with E-state index in [-0.39, 0.29) is 22.0 Å². The molecule has 2 unspecified atom stereocenters. The van der Waals surface area contributed by atoms with Crippen LogP contribution < -0.4 is 0 Å². The van der Waals surface area contributed by atoms with E-state index < -0.39 is 18.0 Å². The fraction of sp³-hybridized carbons (Fsp3) is 0.333. The second-order valence-electron chi connectivity index (χ2n) is 3.75. The lowest BCUT2D eigenvalue weighted by Gasteiger charge is -2.17.